The lowest BCUT2D eigenvalue weighted by Crippen LogP contribution is -2.32. The minimum absolute atomic E-state index is 0.0603. The third kappa shape index (κ3) is 4.88. The number of rotatable bonds is 8. The molecule has 0 saturated carbocycles. The Balaban J connectivity index is 2.24. The van der Waals surface area contributed by atoms with Crippen LogP contribution in [0.2, 0.25) is 0 Å². The maximum Gasteiger partial charge on any atom is 0.295 e. The van der Waals surface area contributed by atoms with Gasteiger partial charge in [-0.2, -0.15) is 0 Å². The van der Waals surface area contributed by atoms with Gasteiger partial charge in [-0.1, -0.05) is 17.7 Å². The van der Waals surface area contributed by atoms with Crippen molar-refractivity contribution in [1.82, 2.24) is 9.80 Å². The van der Waals surface area contributed by atoms with E-state index in [9.17, 15) is 14.7 Å². The number of hydrogen-bond donors (Lipinski definition) is 1. The van der Waals surface area contributed by atoms with E-state index in [2.05, 4.69) is 0 Å². The molecule has 176 valence electrons. The van der Waals surface area contributed by atoms with E-state index in [-0.39, 0.29) is 11.3 Å². The lowest BCUT2D eigenvalue weighted by Gasteiger charge is -2.27. The Morgan fingerprint density at radius 3 is 2.42 bits per heavy atom. The average molecular weight is 453 g/mol. The van der Waals surface area contributed by atoms with Crippen LogP contribution in [-0.2, 0) is 9.59 Å². The number of amides is 1. The number of benzene rings is 2. The van der Waals surface area contributed by atoms with Gasteiger partial charge in [-0.3, -0.25) is 9.59 Å². The molecule has 0 spiro atoms. The highest BCUT2D eigenvalue weighted by molar-refractivity contribution is 6.46. The second-order valence-corrected chi connectivity index (χ2v) is 8.58. The van der Waals surface area contributed by atoms with Crippen LogP contribution >= 0.6 is 0 Å². The van der Waals surface area contributed by atoms with Gasteiger partial charge < -0.3 is 24.4 Å². The van der Waals surface area contributed by atoms with Gasteiger partial charge in [-0.15, -0.1) is 0 Å². The predicted molar refractivity (Wildman–Crippen MR) is 128 cm³/mol. The number of Topliss-reactive ketones (excluding diaryl/α,β-unsaturated/α-hetero) is 1. The van der Waals surface area contributed by atoms with E-state index in [0.717, 1.165) is 17.7 Å². The number of carbonyl (C=O) groups is 2. The molecule has 1 aliphatic heterocycles. The fraction of sp³-hybridized carbons (Fsp3) is 0.385. The first-order valence-corrected chi connectivity index (χ1v) is 10.9. The molecule has 0 aliphatic carbocycles. The van der Waals surface area contributed by atoms with Gasteiger partial charge in [0.2, 0.25) is 0 Å². The van der Waals surface area contributed by atoms with Crippen LogP contribution in [0.25, 0.3) is 5.76 Å². The quantitative estimate of drug-likeness (QED) is 0.374. The van der Waals surface area contributed by atoms with E-state index >= 15 is 0 Å². The van der Waals surface area contributed by atoms with Crippen molar-refractivity contribution < 1.29 is 24.2 Å². The third-order valence-electron chi connectivity index (χ3n) is 5.92. The minimum atomic E-state index is -0.794. The highest BCUT2D eigenvalue weighted by atomic mass is 16.5. The number of aliphatic hydroxyl groups is 1. The smallest absolute Gasteiger partial charge is 0.295 e. The Morgan fingerprint density at radius 1 is 1.06 bits per heavy atom. The zero-order valence-corrected chi connectivity index (χ0v) is 20.1. The summed E-state index contributed by atoms with van der Waals surface area (Å²) in [6.07, 6.45) is 0.673. The van der Waals surface area contributed by atoms with Crippen LogP contribution in [0.4, 0.5) is 0 Å². The van der Waals surface area contributed by atoms with Gasteiger partial charge in [0.1, 0.15) is 17.3 Å². The van der Waals surface area contributed by atoms with Gasteiger partial charge in [-0.05, 0) is 70.7 Å². The summed E-state index contributed by atoms with van der Waals surface area (Å²) < 4.78 is 11.0. The highest BCUT2D eigenvalue weighted by Crippen LogP contribution is 2.44. The number of nitrogens with zero attached hydrogens (tertiary/aromatic N) is 2. The summed E-state index contributed by atoms with van der Waals surface area (Å²) in [6.45, 7) is 4.89. The standard InChI is InChI=1S/C26H32N2O5/c1-16-8-9-17(2)19(14-16)24(29)22-23(20-15-18(32-5)10-11-21(20)33-6)28(26(31)25(22)30)13-7-12-27(3)4/h8-11,14-15,23,29H,7,12-13H2,1-6H3/b24-22+. The molecule has 1 N–H and O–H groups in total. The molecule has 0 radical (unpaired) electrons. The van der Waals surface area contributed by atoms with Gasteiger partial charge in [-0.25, -0.2) is 0 Å². The van der Waals surface area contributed by atoms with Gasteiger partial charge in [0.25, 0.3) is 11.7 Å². The second-order valence-electron chi connectivity index (χ2n) is 8.58. The van der Waals surface area contributed by atoms with E-state index in [1.165, 1.54) is 12.0 Å². The molecule has 1 unspecified atom stereocenters. The summed E-state index contributed by atoms with van der Waals surface area (Å²) in [7, 11) is 7.00. The van der Waals surface area contributed by atoms with Crippen LogP contribution < -0.4 is 9.47 Å². The minimum Gasteiger partial charge on any atom is -0.507 e. The van der Waals surface area contributed by atoms with Crippen LogP contribution in [0.5, 0.6) is 11.5 Å². The molecule has 7 heteroatoms. The monoisotopic (exact) mass is 452 g/mol. The highest BCUT2D eigenvalue weighted by Gasteiger charge is 2.47. The van der Waals surface area contributed by atoms with E-state index in [4.69, 9.17) is 9.47 Å². The van der Waals surface area contributed by atoms with E-state index in [0.29, 0.717) is 35.6 Å². The molecule has 2 aromatic rings. The van der Waals surface area contributed by atoms with Crippen molar-refractivity contribution in [2.75, 3.05) is 41.4 Å². The molecular weight excluding hydrogens is 420 g/mol. The summed E-state index contributed by atoms with van der Waals surface area (Å²) in [6, 6.07) is 10.1. The SMILES string of the molecule is COc1ccc(OC)c(C2/C(=C(\O)c3cc(C)ccc3C)C(=O)C(=O)N2CCCN(C)C)c1. The number of methoxy groups -OCH3 is 2. The number of ether oxygens (including phenoxy) is 2. The van der Waals surface area contributed by atoms with Crippen LogP contribution in [0.3, 0.4) is 0 Å². The van der Waals surface area contributed by atoms with E-state index in [1.807, 2.05) is 51.0 Å². The molecule has 1 saturated heterocycles. The summed E-state index contributed by atoms with van der Waals surface area (Å²) in [4.78, 5) is 30.0. The van der Waals surface area contributed by atoms with Crippen molar-refractivity contribution in [3.63, 3.8) is 0 Å². The summed E-state index contributed by atoms with van der Waals surface area (Å²) in [5.74, 6) is -0.438. The molecule has 1 amide bonds. The number of ketones is 1. The molecule has 1 heterocycles. The van der Waals surface area contributed by atoms with Gasteiger partial charge in [0.15, 0.2) is 0 Å². The van der Waals surface area contributed by atoms with Crippen LogP contribution in [0, 0.1) is 13.8 Å². The molecule has 33 heavy (non-hydrogen) atoms. The normalized spacial score (nSPS) is 17.7. The number of carbonyl (C=O) groups excluding carboxylic acids is 2. The maximum absolute atomic E-state index is 13.3. The first-order chi connectivity index (χ1) is 15.7. The number of aliphatic hydroxyl groups excluding tert-OH is 1. The van der Waals surface area contributed by atoms with Crippen molar-refractivity contribution in [2.24, 2.45) is 0 Å². The van der Waals surface area contributed by atoms with E-state index < -0.39 is 17.7 Å². The zero-order chi connectivity index (χ0) is 24.3. The Morgan fingerprint density at radius 2 is 1.79 bits per heavy atom. The van der Waals surface area contributed by atoms with Crippen molar-refractivity contribution in [3.8, 4) is 11.5 Å². The summed E-state index contributed by atoms with van der Waals surface area (Å²) in [5, 5.41) is 11.4. The van der Waals surface area contributed by atoms with Crippen LogP contribution in [0.15, 0.2) is 42.0 Å². The van der Waals surface area contributed by atoms with Crippen molar-refractivity contribution in [1.29, 1.82) is 0 Å². The van der Waals surface area contributed by atoms with Gasteiger partial charge in [0.05, 0.1) is 25.8 Å². The largest absolute Gasteiger partial charge is 0.507 e. The predicted octanol–water partition coefficient (Wildman–Crippen LogP) is 3.69. The second kappa shape index (κ2) is 10.1. The number of aryl methyl sites for hydroxylation is 2. The van der Waals surface area contributed by atoms with Crippen molar-refractivity contribution in [3.05, 3.63) is 64.2 Å². The maximum atomic E-state index is 13.3. The molecule has 2 aromatic carbocycles. The molecule has 1 atom stereocenters. The lowest BCUT2D eigenvalue weighted by molar-refractivity contribution is -0.140. The molecule has 7 nitrogen and oxygen atoms in total. The van der Waals surface area contributed by atoms with Crippen LogP contribution in [0.1, 0.15) is 34.7 Å². The van der Waals surface area contributed by atoms with Crippen molar-refractivity contribution in [2.45, 2.75) is 26.3 Å². The molecule has 0 aromatic heterocycles. The lowest BCUT2D eigenvalue weighted by atomic mass is 9.92. The van der Waals surface area contributed by atoms with E-state index in [1.54, 1.807) is 25.3 Å². The Hall–Kier alpha value is -3.32. The first kappa shape index (κ1) is 24.3. The molecule has 3 rings (SSSR count). The topological polar surface area (TPSA) is 79.3 Å². The van der Waals surface area contributed by atoms with Crippen molar-refractivity contribution >= 4 is 17.4 Å². The third-order valence-corrected chi connectivity index (χ3v) is 5.92. The molecule has 0 bridgehead atoms. The fourth-order valence-electron chi connectivity index (χ4n) is 4.18. The zero-order valence-electron chi connectivity index (χ0n) is 20.1. The van der Waals surface area contributed by atoms with Gasteiger partial charge >= 0.3 is 0 Å². The average Bonchev–Trinajstić information content (AvgIpc) is 3.04. The fourth-order valence-corrected chi connectivity index (χ4v) is 4.18. The Kier molecular flexibility index (Phi) is 7.43. The number of hydrogen-bond acceptors (Lipinski definition) is 6. The molecule has 1 aliphatic rings. The number of likely N-dealkylation sites (tertiary alicyclic amines) is 1. The van der Waals surface area contributed by atoms with Crippen LogP contribution in [-0.4, -0.2) is 68.0 Å². The summed E-state index contributed by atoms with van der Waals surface area (Å²) >= 11 is 0. The summed E-state index contributed by atoms with van der Waals surface area (Å²) in [5.41, 5.74) is 2.94. The molecule has 1 fully saturated rings. The molecular formula is C26H32N2O5. The first-order valence-electron chi connectivity index (χ1n) is 10.9. The Bertz CT molecular complexity index is 1090. The van der Waals surface area contributed by atoms with Gasteiger partial charge in [0, 0.05) is 17.7 Å². The Labute approximate surface area is 195 Å².